The van der Waals surface area contributed by atoms with E-state index < -0.39 is 0 Å². The van der Waals surface area contributed by atoms with Crippen LogP contribution in [0.15, 0.2) is 60.7 Å². The molecule has 0 saturated heterocycles. The minimum Gasteiger partial charge on any atom is -0.290 e. The van der Waals surface area contributed by atoms with Gasteiger partial charge in [-0.2, -0.15) is 0 Å². The molecule has 1 fully saturated rings. The van der Waals surface area contributed by atoms with Crippen molar-refractivity contribution in [2.24, 2.45) is 5.92 Å². The third kappa shape index (κ3) is 4.20. The average molecular weight is 308 g/mol. The van der Waals surface area contributed by atoms with Crippen LogP contribution in [-0.2, 0) is 4.79 Å². The Bertz CT molecular complexity index is 567. The van der Waals surface area contributed by atoms with Crippen LogP contribution in [0.1, 0.15) is 49.3 Å². The molecule has 3 rings (SSSR count). The van der Waals surface area contributed by atoms with Gasteiger partial charge in [-0.25, -0.2) is 5.43 Å². The molecule has 120 valence electrons. The number of hydrazine groups is 1. The van der Waals surface area contributed by atoms with Gasteiger partial charge in [0, 0.05) is 5.92 Å². The number of benzene rings is 2. The summed E-state index contributed by atoms with van der Waals surface area (Å²) in [6.07, 6.45) is 5.61. The van der Waals surface area contributed by atoms with Crippen molar-refractivity contribution in [1.29, 1.82) is 0 Å². The van der Waals surface area contributed by atoms with Gasteiger partial charge in [0.2, 0.25) is 5.91 Å². The van der Waals surface area contributed by atoms with Crippen molar-refractivity contribution in [2.45, 2.75) is 38.1 Å². The summed E-state index contributed by atoms with van der Waals surface area (Å²) in [5.74, 6) is 0.282. The first-order valence-electron chi connectivity index (χ1n) is 8.50. The molecule has 1 amide bonds. The van der Waals surface area contributed by atoms with E-state index in [1.54, 1.807) is 0 Å². The van der Waals surface area contributed by atoms with Crippen molar-refractivity contribution in [3.63, 3.8) is 0 Å². The fourth-order valence-corrected chi connectivity index (χ4v) is 3.26. The van der Waals surface area contributed by atoms with Crippen molar-refractivity contribution in [3.8, 4) is 0 Å². The zero-order valence-corrected chi connectivity index (χ0v) is 13.4. The van der Waals surface area contributed by atoms with Gasteiger partial charge in [-0.1, -0.05) is 79.9 Å². The third-order valence-corrected chi connectivity index (χ3v) is 4.58. The molecule has 2 aromatic carbocycles. The topological polar surface area (TPSA) is 41.1 Å². The quantitative estimate of drug-likeness (QED) is 0.820. The standard InChI is InChI=1S/C20H24N2O/c23-20(18-14-8-3-9-15-18)22-21-19(16-10-4-1-5-11-16)17-12-6-2-7-13-17/h1-2,4-7,10-13,18-19,21H,3,8-9,14-15H2,(H,22,23). The number of carbonyl (C=O) groups is 1. The fraction of sp³-hybridized carbons (Fsp3) is 0.350. The second-order valence-corrected chi connectivity index (χ2v) is 6.22. The summed E-state index contributed by atoms with van der Waals surface area (Å²) in [6, 6.07) is 20.4. The molecule has 0 bridgehead atoms. The van der Waals surface area contributed by atoms with Crippen LogP contribution < -0.4 is 10.9 Å². The molecule has 0 radical (unpaired) electrons. The summed E-state index contributed by atoms with van der Waals surface area (Å²) >= 11 is 0. The Labute approximate surface area is 138 Å². The predicted octanol–water partition coefficient (Wildman–Crippen LogP) is 3.98. The Hall–Kier alpha value is -2.13. The molecule has 0 aromatic heterocycles. The van der Waals surface area contributed by atoms with Gasteiger partial charge in [0.15, 0.2) is 0 Å². The lowest BCUT2D eigenvalue weighted by Crippen LogP contribution is -2.43. The Morgan fingerprint density at radius 1 is 0.826 bits per heavy atom. The zero-order chi connectivity index (χ0) is 15.9. The first kappa shape index (κ1) is 15.8. The van der Waals surface area contributed by atoms with Crippen molar-refractivity contribution in [2.75, 3.05) is 0 Å². The van der Waals surface area contributed by atoms with Crippen LogP contribution in [0.5, 0.6) is 0 Å². The lowest BCUT2D eigenvalue weighted by atomic mass is 9.89. The Morgan fingerprint density at radius 2 is 1.35 bits per heavy atom. The van der Waals surface area contributed by atoms with Gasteiger partial charge in [-0.05, 0) is 24.0 Å². The summed E-state index contributed by atoms with van der Waals surface area (Å²) in [5, 5.41) is 0. The van der Waals surface area contributed by atoms with Gasteiger partial charge in [0.25, 0.3) is 0 Å². The number of hydrogen-bond acceptors (Lipinski definition) is 2. The van der Waals surface area contributed by atoms with E-state index in [0.29, 0.717) is 0 Å². The van der Waals surface area contributed by atoms with Crippen LogP contribution in [0.2, 0.25) is 0 Å². The summed E-state index contributed by atoms with van der Waals surface area (Å²) in [7, 11) is 0. The van der Waals surface area contributed by atoms with Gasteiger partial charge in [0.1, 0.15) is 0 Å². The Morgan fingerprint density at radius 3 is 1.87 bits per heavy atom. The Balaban J connectivity index is 1.70. The van der Waals surface area contributed by atoms with E-state index in [9.17, 15) is 4.79 Å². The summed E-state index contributed by atoms with van der Waals surface area (Å²) < 4.78 is 0. The zero-order valence-electron chi connectivity index (χ0n) is 13.4. The van der Waals surface area contributed by atoms with Crippen LogP contribution in [0, 0.1) is 5.92 Å². The van der Waals surface area contributed by atoms with E-state index in [0.717, 1.165) is 24.0 Å². The molecule has 23 heavy (non-hydrogen) atoms. The molecule has 3 nitrogen and oxygen atoms in total. The second-order valence-electron chi connectivity index (χ2n) is 6.22. The Kier molecular flexibility index (Phi) is 5.43. The molecule has 2 aromatic rings. The van der Waals surface area contributed by atoms with Crippen LogP contribution in [0.25, 0.3) is 0 Å². The van der Waals surface area contributed by atoms with Gasteiger partial charge >= 0.3 is 0 Å². The summed E-state index contributed by atoms with van der Waals surface area (Å²) in [6.45, 7) is 0. The van der Waals surface area contributed by atoms with Crippen LogP contribution >= 0.6 is 0 Å². The van der Waals surface area contributed by atoms with E-state index in [2.05, 4.69) is 35.1 Å². The molecule has 0 heterocycles. The molecule has 0 atom stereocenters. The highest BCUT2D eigenvalue weighted by Gasteiger charge is 2.22. The number of carbonyl (C=O) groups excluding carboxylic acids is 1. The molecule has 0 aliphatic heterocycles. The van der Waals surface area contributed by atoms with E-state index in [-0.39, 0.29) is 17.9 Å². The highest BCUT2D eigenvalue weighted by atomic mass is 16.2. The van der Waals surface area contributed by atoms with Gasteiger partial charge in [-0.15, -0.1) is 0 Å². The molecular formula is C20H24N2O. The van der Waals surface area contributed by atoms with Crippen LogP contribution in [0.3, 0.4) is 0 Å². The molecule has 0 unspecified atom stereocenters. The van der Waals surface area contributed by atoms with E-state index in [1.165, 1.54) is 19.3 Å². The molecule has 1 saturated carbocycles. The number of amides is 1. The van der Waals surface area contributed by atoms with Gasteiger partial charge < -0.3 is 0 Å². The lowest BCUT2D eigenvalue weighted by Gasteiger charge is -2.24. The molecule has 1 aliphatic carbocycles. The molecular weight excluding hydrogens is 284 g/mol. The van der Waals surface area contributed by atoms with Gasteiger partial charge in [-0.3, -0.25) is 10.2 Å². The molecule has 2 N–H and O–H groups in total. The average Bonchev–Trinajstić information content (AvgIpc) is 2.64. The molecule has 3 heteroatoms. The minimum atomic E-state index is -0.0371. The largest absolute Gasteiger partial charge is 0.290 e. The normalized spacial score (nSPS) is 15.5. The molecule has 0 spiro atoms. The van der Waals surface area contributed by atoms with E-state index in [4.69, 9.17) is 0 Å². The minimum absolute atomic E-state index is 0.0371. The summed E-state index contributed by atoms with van der Waals surface area (Å²) in [5.41, 5.74) is 8.49. The second kappa shape index (κ2) is 7.93. The first-order chi connectivity index (χ1) is 11.3. The lowest BCUT2D eigenvalue weighted by molar-refractivity contribution is -0.127. The number of rotatable bonds is 5. The molecule has 1 aliphatic rings. The highest BCUT2D eigenvalue weighted by Crippen LogP contribution is 2.24. The van der Waals surface area contributed by atoms with Crippen molar-refractivity contribution in [3.05, 3.63) is 71.8 Å². The van der Waals surface area contributed by atoms with Crippen molar-refractivity contribution < 1.29 is 4.79 Å². The highest BCUT2D eigenvalue weighted by molar-refractivity contribution is 5.78. The SMILES string of the molecule is O=C(NNC(c1ccccc1)c1ccccc1)C1CCCCC1. The summed E-state index contributed by atoms with van der Waals surface area (Å²) in [4.78, 5) is 12.4. The monoisotopic (exact) mass is 308 g/mol. The maximum atomic E-state index is 12.4. The smallest absolute Gasteiger partial charge is 0.237 e. The van der Waals surface area contributed by atoms with Crippen LogP contribution in [-0.4, -0.2) is 5.91 Å². The predicted molar refractivity (Wildman–Crippen MR) is 92.6 cm³/mol. The first-order valence-corrected chi connectivity index (χ1v) is 8.50. The number of nitrogens with one attached hydrogen (secondary N) is 2. The van der Waals surface area contributed by atoms with Crippen molar-refractivity contribution >= 4 is 5.91 Å². The maximum Gasteiger partial charge on any atom is 0.237 e. The van der Waals surface area contributed by atoms with E-state index >= 15 is 0 Å². The third-order valence-electron chi connectivity index (χ3n) is 4.58. The van der Waals surface area contributed by atoms with E-state index in [1.807, 2.05) is 36.4 Å². The van der Waals surface area contributed by atoms with Gasteiger partial charge in [0.05, 0.1) is 6.04 Å². The maximum absolute atomic E-state index is 12.4. The van der Waals surface area contributed by atoms with Crippen molar-refractivity contribution in [1.82, 2.24) is 10.9 Å². The fourth-order valence-electron chi connectivity index (χ4n) is 3.26. The number of hydrogen-bond donors (Lipinski definition) is 2. The van der Waals surface area contributed by atoms with Crippen LogP contribution in [0.4, 0.5) is 0 Å².